The molecule has 17 heavy (non-hydrogen) atoms. The first-order chi connectivity index (χ1) is 8.00. The van der Waals surface area contributed by atoms with Crippen LogP contribution in [0.3, 0.4) is 0 Å². The van der Waals surface area contributed by atoms with Crippen LogP contribution >= 0.6 is 11.6 Å². The van der Waals surface area contributed by atoms with Gasteiger partial charge in [-0.1, -0.05) is 11.6 Å². The molecule has 1 aromatic rings. The summed E-state index contributed by atoms with van der Waals surface area (Å²) in [6.07, 6.45) is 0. The molecule has 0 heterocycles. The summed E-state index contributed by atoms with van der Waals surface area (Å²) >= 11 is 5.71. The van der Waals surface area contributed by atoms with Gasteiger partial charge in [-0.15, -0.1) is 0 Å². The van der Waals surface area contributed by atoms with Gasteiger partial charge in [0.25, 0.3) is 5.91 Å². The summed E-state index contributed by atoms with van der Waals surface area (Å²) in [6.45, 7) is 0.526. The lowest BCUT2D eigenvalue weighted by molar-refractivity contribution is 0.0955. The Hall–Kier alpha value is -1.95. The number of nitrogen functional groups attached to an aromatic ring is 1. The van der Waals surface area contributed by atoms with Crippen molar-refractivity contribution in [3.8, 4) is 0 Å². The van der Waals surface area contributed by atoms with E-state index in [1.807, 2.05) is 0 Å². The Bertz CT molecular complexity index is 436. The van der Waals surface area contributed by atoms with Crippen molar-refractivity contribution < 1.29 is 9.59 Å². The van der Waals surface area contributed by atoms with Crippen LogP contribution in [-0.2, 0) is 0 Å². The molecule has 0 aliphatic rings. The fourth-order valence-electron chi connectivity index (χ4n) is 1.20. The maximum Gasteiger partial charge on any atom is 0.312 e. The van der Waals surface area contributed by atoms with Crippen LogP contribution in [-0.4, -0.2) is 25.0 Å². The minimum atomic E-state index is -0.634. The predicted molar refractivity (Wildman–Crippen MR) is 65.8 cm³/mol. The monoisotopic (exact) mass is 256 g/mol. The van der Waals surface area contributed by atoms with Crippen LogP contribution in [0.25, 0.3) is 0 Å². The number of primary amides is 1. The first-order valence-electron chi connectivity index (χ1n) is 4.87. The molecule has 6 N–H and O–H groups in total. The van der Waals surface area contributed by atoms with Crippen LogP contribution in [0.4, 0.5) is 10.5 Å². The van der Waals surface area contributed by atoms with Crippen LogP contribution < -0.4 is 22.1 Å². The van der Waals surface area contributed by atoms with Crippen molar-refractivity contribution in [3.63, 3.8) is 0 Å². The number of rotatable bonds is 4. The molecule has 0 atom stereocenters. The highest BCUT2D eigenvalue weighted by Gasteiger charge is 2.08. The van der Waals surface area contributed by atoms with Gasteiger partial charge < -0.3 is 22.1 Å². The minimum absolute atomic E-state index is 0.258. The topological polar surface area (TPSA) is 110 Å². The number of hydrogen-bond acceptors (Lipinski definition) is 3. The SMILES string of the molecule is NC(=O)NCCNC(=O)c1ccc(Cl)cc1N. The first-order valence-corrected chi connectivity index (χ1v) is 5.25. The molecule has 92 valence electrons. The molecule has 1 rings (SSSR count). The highest BCUT2D eigenvalue weighted by molar-refractivity contribution is 6.31. The molecule has 1 aromatic carbocycles. The van der Waals surface area contributed by atoms with Crippen molar-refractivity contribution in [3.05, 3.63) is 28.8 Å². The Kier molecular flexibility index (Phi) is 4.59. The lowest BCUT2D eigenvalue weighted by Crippen LogP contribution is -2.37. The summed E-state index contributed by atoms with van der Waals surface area (Å²) in [7, 11) is 0. The number of amides is 3. The maximum absolute atomic E-state index is 11.6. The van der Waals surface area contributed by atoms with Gasteiger partial charge in [0.2, 0.25) is 0 Å². The highest BCUT2D eigenvalue weighted by atomic mass is 35.5. The van der Waals surface area contributed by atoms with Crippen LogP contribution in [0.15, 0.2) is 18.2 Å². The van der Waals surface area contributed by atoms with Crippen molar-refractivity contribution in [1.29, 1.82) is 0 Å². The van der Waals surface area contributed by atoms with E-state index in [9.17, 15) is 9.59 Å². The smallest absolute Gasteiger partial charge is 0.312 e. The number of hydrogen-bond donors (Lipinski definition) is 4. The van der Waals surface area contributed by atoms with Crippen LogP contribution in [0.2, 0.25) is 5.02 Å². The molecule has 0 saturated carbocycles. The van der Waals surface area contributed by atoms with Gasteiger partial charge in [0, 0.05) is 23.8 Å². The van der Waals surface area contributed by atoms with Gasteiger partial charge in [0.15, 0.2) is 0 Å². The highest BCUT2D eigenvalue weighted by Crippen LogP contribution is 2.17. The van der Waals surface area contributed by atoms with E-state index in [2.05, 4.69) is 10.6 Å². The van der Waals surface area contributed by atoms with E-state index >= 15 is 0 Å². The summed E-state index contributed by atoms with van der Waals surface area (Å²) in [4.78, 5) is 22.0. The van der Waals surface area contributed by atoms with Gasteiger partial charge in [0.1, 0.15) is 0 Å². The van der Waals surface area contributed by atoms with E-state index in [1.165, 1.54) is 12.1 Å². The molecule has 0 bridgehead atoms. The average molecular weight is 257 g/mol. The van der Waals surface area contributed by atoms with E-state index in [0.717, 1.165) is 0 Å². The lowest BCUT2D eigenvalue weighted by Gasteiger charge is -2.07. The third-order valence-corrected chi connectivity index (χ3v) is 2.20. The van der Waals surface area contributed by atoms with Gasteiger partial charge in [0.05, 0.1) is 5.56 Å². The average Bonchev–Trinajstić information content (AvgIpc) is 2.23. The summed E-state index contributed by atoms with van der Waals surface area (Å²) in [5.41, 5.74) is 11.1. The molecule has 0 spiro atoms. The fourth-order valence-corrected chi connectivity index (χ4v) is 1.38. The first kappa shape index (κ1) is 13.1. The number of anilines is 1. The summed E-state index contributed by atoms with van der Waals surface area (Å²) in [6, 6.07) is 3.98. The zero-order valence-electron chi connectivity index (χ0n) is 9.00. The summed E-state index contributed by atoms with van der Waals surface area (Å²) in [5, 5.41) is 5.40. The Morgan fingerprint density at radius 1 is 1.24 bits per heavy atom. The standard InChI is InChI=1S/C10H13ClN4O2/c11-6-1-2-7(8(12)5-6)9(16)14-3-4-15-10(13)17/h1-2,5H,3-4,12H2,(H,14,16)(H3,13,15,17). The number of halogens is 1. The van der Waals surface area contributed by atoms with Crippen molar-refractivity contribution in [2.45, 2.75) is 0 Å². The fraction of sp³-hybridized carbons (Fsp3) is 0.200. The van der Waals surface area contributed by atoms with Crippen molar-refractivity contribution in [1.82, 2.24) is 10.6 Å². The Morgan fingerprint density at radius 3 is 2.47 bits per heavy atom. The second kappa shape index (κ2) is 5.95. The minimum Gasteiger partial charge on any atom is -0.398 e. The lowest BCUT2D eigenvalue weighted by atomic mass is 10.1. The third kappa shape index (κ3) is 4.20. The zero-order chi connectivity index (χ0) is 12.8. The van der Waals surface area contributed by atoms with E-state index in [-0.39, 0.29) is 19.0 Å². The molecule has 0 saturated heterocycles. The maximum atomic E-state index is 11.6. The predicted octanol–water partition coefficient (Wildman–Crippen LogP) is 0.320. The van der Waals surface area contributed by atoms with E-state index < -0.39 is 6.03 Å². The van der Waals surface area contributed by atoms with Gasteiger partial charge in [-0.25, -0.2) is 4.79 Å². The number of carbonyl (C=O) groups is 2. The van der Waals surface area contributed by atoms with E-state index in [0.29, 0.717) is 16.3 Å². The van der Waals surface area contributed by atoms with E-state index in [4.69, 9.17) is 23.1 Å². The largest absolute Gasteiger partial charge is 0.398 e. The van der Waals surface area contributed by atoms with Gasteiger partial charge in [-0.2, -0.15) is 0 Å². The Labute approximate surface area is 103 Å². The normalized spacial score (nSPS) is 9.71. The molecule has 0 radical (unpaired) electrons. The molecule has 0 fully saturated rings. The molecular formula is C10H13ClN4O2. The number of urea groups is 1. The second-order valence-corrected chi connectivity index (χ2v) is 3.71. The second-order valence-electron chi connectivity index (χ2n) is 3.28. The van der Waals surface area contributed by atoms with Crippen molar-refractivity contribution in [2.24, 2.45) is 5.73 Å². The number of carbonyl (C=O) groups excluding carboxylic acids is 2. The Balaban J connectivity index is 2.50. The van der Waals surface area contributed by atoms with Gasteiger partial charge in [-0.05, 0) is 18.2 Å². The molecule has 0 aliphatic heterocycles. The number of nitrogens with two attached hydrogens (primary N) is 2. The molecule has 0 aromatic heterocycles. The number of benzene rings is 1. The Morgan fingerprint density at radius 2 is 1.88 bits per heavy atom. The summed E-state index contributed by atoms with van der Waals surface area (Å²) in [5.74, 6) is -0.328. The zero-order valence-corrected chi connectivity index (χ0v) is 9.75. The van der Waals surface area contributed by atoms with Gasteiger partial charge in [-0.3, -0.25) is 4.79 Å². The van der Waals surface area contributed by atoms with Gasteiger partial charge >= 0.3 is 6.03 Å². The van der Waals surface area contributed by atoms with Crippen LogP contribution in [0, 0.1) is 0 Å². The molecule has 7 heteroatoms. The van der Waals surface area contributed by atoms with Crippen molar-refractivity contribution in [2.75, 3.05) is 18.8 Å². The van der Waals surface area contributed by atoms with E-state index in [1.54, 1.807) is 6.07 Å². The quantitative estimate of drug-likeness (QED) is 0.460. The van der Waals surface area contributed by atoms with Crippen LogP contribution in [0.5, 0.6) is 0 Å². The number of nitrogens with one attached hydrogen (secondary N) is 2. The summed E-state index contributed by atoms with van der Waals surface area (Å²) < 4.78 is 0. The third-order valence-electron chi connectivity index (χ3n) is 1.97. The molecular weight excluding hydrogens is 244 g/mol. The van der Waals surface area contributed by atoms with Crippen molar-refractivity contribution >= 4 is 29.2 Å². The molecule has 3 amide bonds. The molecule has 6 nitrogen and oxygen atoms in total. The molecule has 0 unspecified atom stereocenters. The van der Waals surface area contributed by atoms with Crippen LogP contribution in [0.1, 0.15) is 10.4 Å². The molecule has 0 aliphatic carbocycles.